The maximum atomic E-state index is 13.3. The van der Waals surface area contributed by atoms with Crippen molar-refractivity contribution in [1.82, 2.24) is 9.55 Å². The summed E-state index contributed by atoms with van der Waals surface area (Å²) in [5, 5.41) is 2.83. The molecule has 0 radical (unpaired) electrons. The van der Waals surface area contributed by atoms with Crippen LogP contribution in [0.3, 0.4) is 0 Å². The molecule has 0 spiro atoms. The van der Waals surface area contributed by atoms with Crippen molar-refractivity contribution in [3.63, 3.8) is 0 Å². The van der Waals surface area contributed by atoms with E-state index in [-0.39, 0.29) is 23.7 Å². The van der Waals surface area contributed by atoms with Gasteiger partial charge in [0.2, 0.25) is 11.9 Å². The van der Waals surface area contributed by atoms with E-state index in [9.17, 15) is 9.18 Å². The van der Waals surface area contributed by atoms with Crippen LogP contribution in [0, 0.1) is 11.7 Å². The number of nitrogens with one attached hydrogen (secondary N) is 1. The average Bonchev–Trinajstić information content (AvgIpc) is 2.76. The predicted octanol–water partition coefficient (Wildman–Crippen LogP) is 2.47. The zero-order valence-electron chi connectivity index (χ0n) is 12.1. The zero-order chi connectivity index (χ0) is 15.0. The van der Waals surface area contributed by atoms with Gasteiger partial charge in [0.15, 0.2) is 0 Å². The number of anilines is 1. The van der Waals surface area contributed by atoms with E-state index in [0.717, 1.165) is 12.8 Å². The van der Waals surface area contributed by atoms with Gasteiger partial charge < -0.3 is 9.30 Å². The number of hydrogen-bond acceptors (Lipinski definition) is 3. The topological polar surface area (TPSA) is 56.1 Å². The van der Waals surface area contributed by atoms with Crippen LogP contribution >= 0.6 is 0 Å². The smallest absolute Gasteiger partial charge is 0.232 e. The van der Waals surface area contributed by atoms with Gasteiger partial charge in [-0.15, -0.1) is 0 Å². The van der Waals surface area contributed by atoms with Crippen molar-refractivity contribution in [1.29, 1.82) is 0 Å². The molecule has 21 heavy (non-hydrogen) atoms. The number of rotatable bonds is 2. The molecule has 1 N–H and O–H groups in total. The molecule has 0 saturated carbocycles. The lowest BCUT2D eigenvalue weighted by Crippen LogP contribution is -2.36. The molecule has 1 aliphatic heterocycles. The number of aromatic nitrogens is 2. The first-order valence-corrected chi connectivity index (χ1v) is 7.10. The lowest BCUT2D eigenvalue weighted by Gasteiger charge is -2.27. The molecule has 112 valence electrons. The third-order valence-corrected chi connectivity index (χ3v) is 4.02. The van der Waals surface area contributed by atoms with Gasteiger partial charge in [0.1, 0.15) is 5.82 Å². The lowest BCUT2D eigenvalue weighted by molar-refractivity contribution is -0.127. The van der Waals surface area contributed by atoms with Crippen LogP contribution in [-0.2, 0) is 16.6 Å². The minimum Gasteiger partial charge on any atom is -0.378 e. The van der Waals surface area contributed by atoms with Crippen LogP contribution in [0.15, 0.2) is 18.2 Å². The van der Waals surface area contributed by atoms with Crippen molar-refractivity contribution in [3.8, 4) is 0 Å². The van der Waals surface area contributed by atoms with Gasteiger partial charge in [-0.3, -0.25) is 10.1 Å². The van der Waals surface area contributed by atoms with E-state index in [4.69, 9.17) is 4.74 Å². The minimum atomic E-state index is -0.322. The molecule has 1 aromatic heterocycles. The quantitative estimate of drug-likeness (QED) is 0.924. The fraction of sp³-hybridized carbons (Fsp3) is 0.467. The summed E-state index contributed by atoms with van der Waals surface area (Å²) in [5.74, 6) is -0.160. The standard InChI is InChI=1S/C15H18FN3O2/c1-9-11(4-3-7-21-9)14(20)18-15-17-12-6-5-10(16)8-13(12)19(15)2/h5-6,8-9,11H,3-4,7H2,1-2H3,(H,17,18,20). The first-order chi connectivity index (χ1) is 10.1. The van der Waals surface area contributed by atoms with Gasteiger partial charge in [-0.05, 0) is 38.0 Å². The van der Waals surface area contributed by atoms with Gasteiger partial charge in [0, 0.05) is 13.7 Å². The highest BCUT2D eigenvalue weighted by Gasteiger charge is 2.29. The van der Waals surface area contributed by atoms with Crippen LogP contribution in [0.2, 0.25) is 0 Å². The average molecular weight is 291 g/mol. The normalized spacial score (nSPS) is 22.4. The highest BCUT2D eigenvalue weighted by molar-refractivity contribution is 5.93. The highest BCUT2D eigenvalue weighted by Crippen LogP contribution is 2.24. The van der Waals surface area contributed by atoms with Gasteiger partial charge in [-0.1, -0.05) is 0 Å². The number of fused-ring (bicyclic) bond motifs is 1. The first-order valence-electron chi connectivity index (χ1n) is 7.10. The maximum absolute atomic E-state index is 13.3. The molecule has 2 unspecified atom stereocenters. The molecule has 3 rings (SSSR count). The third kappa shape index (κ3) is 2.63. The largest absolute Gasteiger partial charge is 0.378 e. The number of carbonyl (C=O) groups is 1. The van der Waals surface area contributed by atoms with Crippen molar-refractivity contribution in [2.24, 2.45) is 13.0 Å². The Balaban J connectivity index is 1.84. The summed E-state index contributed by atoms with van der Waals surface area (Å²) in [6.07, 6.45) is 1.60. The van der Waals surface area contributed by atoms with Crippen LogP contribution in [0.25, 0.3) is 11.0 Å². The van der Waals surface area contributed by atoms with Crippen molar-refractivity contribution in [2.45, 2.75) is 25.9 Å². The third-order valence-electron chi connectivity index (χ3n) is 4.02. The summed E-state index contributed by atoms with van der Waals surface area (Å²) >= 11 is 0. The Bertz CT molecular complexity index is 683. The molecule has 1 fully saturated rings. The van der Waals surface area contributed by atoms with E-state index >= 15 is 0 Å². The second-order valence-corrected chi connectivity index (χ2v) is 5.44. The second-order valence-electron chi connectivity index (χ2n) is 5.44. The number of carbonyl (C=O) groups excluding carboxylic acids is 1. The predicted molar refractivity (Wildman–Crippen MR) is 77.4 cm³/mol. The van der Waals surface area contributed by atoms with E-state index in [1.165, 1.54) is 12.1 Å². The molecule has 2 aromatic rings. The molecule has 1 saturated heterocycles. The van der Waals surface area contributed by atoms with Crippen LogP contribution in [-0.4, -0.2) is 28.2 Å². The molecular formula is C15H18FN3O2. The van der Waals surface area contributed by atoms with Gasteiger partial charge in [0.05, 0.1) is 23.1 Å². The van der Waals surface area contributed by atoms with Crippen molar-refractivity contribution in [3.05, 3.63) is 24.0 Å². The minimum absolute atomic E-state index is 0.0918. The number of hydrogen-bond donors (Lipinski definition) is 1. The first kappa shape index (κ1) is 14.0. The maximum Gasteiger partial charge on any atom is 0.232 e. The molecule has 1 amide bonds. The second kappa shape index (κ2) is 5.44. The number of amides is 1. The molecule has 0 bridgehead atoms. The Morgan fingerprint density at radius 3 is 3.10 bits per heavy atom. The highest BCUT2D eigenvalue weighted by atomic mass is 19.1. The molecular weight excluding hydrogens is 273 g/mol. The van der Waals surface area contributed by atoms with E-state index < -0.39 is 0 Å². The summed E-state index contributed by atoms with van der Waals surface area (Å²) in [6.45, 7) is 2.62. The molecule has 2 atom stereocenters. The van der Waals surface area contributed by atoms with Gasteiger partial charge in [0.25, 0.3) is 0 Å². The molecule has 2 heterocycles. The number of benzene rings is 1. The Morgan fingerprint density at radius 1 is 1.52 bits per heavy atom. The summed E-state index contributed by atoms with van der Waals surface area (Å²) in [6, 6.07) is 4.37. The molecule has 1 aliphatic rings. The van der Waals surface area contributed by atoms with E-state index in [1.54, 1.807) is 17.7 Å². The number of nitrogens with zero attached hydrogens (tertiary/aromatic N) is 2. The van der Waals surface area contributed by atoms with Crippen LogP contribution in [0.1, 0.15) is 19.8 Å². The fourth-order valence-electron chi connectivity index (χ4n) is 2.75. The molecule has 1 aromatic carbocycles. The van der Waals surface area contributed by atoms with Crippen LogP contribution in [0.5, 0.6) is 0 Å². The summed E-state index contributed by atoms with van der Waals surface area (Å²) in [5.41, 5.74) is 1.31. The summed E-state index contributed by atoms with van der Waals surface area (Å²) in [7, 11) is 1.76. The van der Waals surface area contributed by atoms with Crippen molar-refractivity contribution >= 4 is 22.9 Å². The Kier molecular flexibility index (Phi) is 3.63. The Hall–Kier alpha value is -1.95. The van der Waals surface area contributed by atoms with Gasteiger partial charge in [-0.25, -0.2) is 9.37 Å². The summed E-state index contributed by atoms with van der Waals surface area (Å²) in [4.78, 5) is 16.7. The summed E-state index contributed by atoms with van der Waals surface area (Å²) < 4.78 is 20.5. The lowest BCUT2D eigenvalue weighted by atomic mass is 9.94. The van der Waals surface area contributed by atoms with Gasteiger partial charge >= 0.3 is 0 Å². The van der Waals surface area contributed by atoms with Crippen molar-refractivity contribution in [2.75, 3.05) is 11.9 Å². The zero-order valence-corrected chi connectivity index (χ0v) is 12.1. The van der Waals surface area contributed by atoms with Crippen LogP contribution < -0.4 is 5.32 Å². The number of ether oxygens (including phenoxy) is 1. The Labute approximate surface area is 122 Å². The molecule has 0 aliphatic carbocycles. The SMILES string of the molecule is CC1OCCCC1C(=O)Nc1nc2ccc(F)cc2n1C. The monoisotopic (exact) mass is 291 g/mol. The van der Waals surface area contributed by atoms with E-state index in [2.05, 4.69) is 10.3 Å². The molecule has 5 nitrogen and oxygen atoms in total. The number of aryl methyl sites for hydroxylation is 1. The van der Waals surface area contributed by atoms with E-state index in [1.807, 2.05) is 6.92 Å². The van der Waals surface area contributed by atoms with E-state index in [0.29, 0.717) is 23.6 Å². The molecule has 6 heteroatoms. The number of imidazole rings is 1. The Morgan fingerprint density at radius 2 is 2.33 bits per heavy atom. The van der Waals surface area contributed by atoms with Crippen molar-refractivity contribution < 1.29 is 13.9 Å². The number of halogens is 1. The fourth-order valence-corrected chi connectivity index (χ4v) is 2.75. The van der Waals surface area contributed by atoms with Crippen LogP contribution in [0.4, 0.5) is 10.3 Å². The van der Waals surface area contributed by atoms with Gasteiger partial charge in [-0.2, -0.15) is 0 Å².